The summed E-state index contributed by atoms with van der Waals surface area (Å²) in [5, 5.41) is 6.40. The Morgan fingerprint density at radius 3 is 2.71 bits per heavy atom. The van der Waals surface area contributed by atoms with Crippen LogP contribution in [0.5, 0.6) is 0 Å². The number of carbonyl (C=O) groups excluding carboxylic acids is 1. The Morgan fingerprint density at radius 2 is 1.88 bits per heavy atom. The maximum Gasteiger partial charge on any atom is 0.227 e. The summed E-state index contributed by atoms with van der Waals surface area (Å²) in [6.07, 6.45) is 13.1. The lowest BCUT2D eigenvalue weighted by atomic mass is 9.88. The van der Waals surface area contributed by atoms with E-state index < -0.39 is 15.8 Å². The molecule has 1 amide bonds. The highest BCUT2D eigenvalue weighted by Gasteiger charge is 2.25. The third kappa shape index (κ3) is 6.97. The second kappa shape index (κ2) is 13.2. The summed E-state index contributed by atoms with van der Waals surface area (Å²) in [6.45, 7) is 0.653. The third-order valence-electron chi connectivity index (χ3n) is 8.76. The van der Waals surface area contributed by atoms with Gasteiger partial charge in [0.25, 0.3) is 0 Å². The van der Waals surface area contributed by atoms with Crippen LogP contribution in [-0.4, -0.2) is 54.1 Å². The zero-order valence-corrected chi connectivity index (χ0v) is 27.2. The fourth-order valence-electron chi connectivity index (χ4n) is 6.40. The number of H-pyrrole nitrogens is 1. The number of aromatic nitrogens is 3. The average Bonchev–Trinajstić information content (AvgIpc) is 3.40. The molecule has 2 aromatic heterocycles. The van der Waals surface area contributed by atoms with Crippen LogP contribution in [0.25, 0.3) is 16.7 Å². The number of rotatable bonds is 8. The number of nitrogens with one attached hydrogen (secondary N) is 4. The van der Waals surface area contributed by atoms with Gasteiger partial charge in [0.2, 0.25) is 15.9 Å². The van der Waals surface area contributed by atoms with Crippen molar-refractivity contribution in [1.82, 2.24) is 19.7 Å². The van der Waals surface area contributed by atoms with Crippen molar-refractivity contribution in [2.45, 2.75) is 45.2 Å². The van der Waals surface area contributed by atoms with E-state index >= 15 is 0 Å². The zero-order valence-electron chi connectivity index (χ0n) is 26.4. The van der Waals surface area contributed by atoms with E-state index in [0.717, 1.165) is 60.0 Å². The molecule has 4 aromatic rings. The summed E-state index contributed by atoms with van der Waals surface area (Å²) in [5.74, 6) is 0.145. The number of halogens is 1. The summed E-state index contributed by atoms with van der Waals surface area (Å²) >= 11 is 0. The number of anilines is 2. The lowest BCUT2D eigenvalue weighted by Gasteiger charge is -2.21. The molecule has 7 rings (SSSR count). The Morgan fingerprint density at radius 1 is 1.02 bits per heavy atom. The molecule has 0 bridgehead atoms. The van der Waals surface area contributed by atoms with Crippen molar-refractivity contribution < 1.29 is 17.6 Å². The molecule has 13 heteroatoms. The van der Waals surface area contributed by atoms with Crippen molar-refractivity contribution in [1.29, 1.82) is 0 Å². The van der Waals surface area contributed by atoms with E-state index in [1.54, 1.807) is 30.8 Å². The summed E-state index contributed by atoms with van der Waals surface area (Å²) in [6, 6.07) is 12.4. The van der Waals surface area contributed by atoms with Crippen molar-refractivity contribution in [3.8, 4) is 11.1 Å². The van der Waals surface area contributed by atoms with Crippen molar-refractivity contribution >= 4 is 44.8 Å². The fourth-order valence-corrected chi connectivity index (χ4v) is 6.83. The maximum absolute atomic E-state index is 14.8. The van der Waals surface area contributed by atoms with Gasteiger partial charge in [0.05, 0.1) is 36.1 Å². The fraction of sp³-hybridized carbons (Fsp3) is 0.286. The van der Waals surface area contributed by atoms with Crippen LogP contribution < -0.4 is 15.4 Å². The number of nitrogens with zero attached hydrogens (tertiary/aromatic N) is 4. The van der Waals surface area contributed by atoms with Crippen molar-refractivity contribution in [2.75, 3.05) is 23.6 Å². The molecule has 1 aliphatic carbocycles. The Hall–Kier alpha value is -5.01. The monoisotopic (exact) mass is 666 g/mol. The van der Waals surface area contributed by atoms with Gasteiger partial charge in [-0.2, -0.15) is 0 Å². The van der Waals surface area contributed by atoms with Crippen LogP contribution >= 0.6 is 0 Å². The summed E-state index contributed by atoms with van der Waals surface area (Å²) in [5.41, 5.74) is 7.84. The molecule has 4 heterocycles. The summed E-state index contributed by atoms with van der Waals surface area (Å²) < 4.78 is 40.5. The van der Waals surface area contributed by atoms with Gasteiger partial charge in [-0.1, -0.05) is 25.3 Å². The molecular formula is C35H35FN8O3S. The molecular weight excluding hydrogens is 632 g/mol. The molecule has 1 fully saturated rings. The van der Waals surface area contributed by atoms with Crippen LogP contribution in [0.1, 0.15) is 66.0 Å². The number of carbonyl (C=O) groups is 1. The van der Waals surface area contributed by atoms with Crippen LogP contribution in [0.3, 0.4) is 0 Å². The van der Waals surface area contributed by atoms with E-state index in [4.69, 9.17) is 9.98 Å². The summed E-state index contributed by atoms with van der Waals surface area (Å²) in [7, 11) is -3.46. The Bertz CT molecular complexity index is 2100. The normalized spacial score (nSPS) is 16.2. The van der Waals surface area contributed by atoms with E-state index in [1.807, 2.05) is 24.3 Å². The average molecular weight is 667 g/mol. The van der Waals surface area contributed by atoms with Gasteiger partial charge in [-0.15, -0.1) is 0 Å². The number of amides is 1. The third-order valence-corrected chi connectivity index (χ3v) is 9.43. The molecule has 3 aliphatic rings. The van der Waals surface area contributed by atoms with Crippen LogP contribution in [-0.2, 0) is 27.9 Å². The van der Waals surface area contributed by atoms with E-state index in [-0.39, 0.29) is 18.4 Å². The second-order valence-corrected chi connectivity index (χ2v) is 14.1. The number of allylic oxidation sites excluding steroid dienone is 1. The number of pyridine rings is 1. The van der Waals surface area contributed by atoms with E-state index in [0.29, 0.717) is 52.8 Å². The lowest BCUT2D eigenvalue weighted by Crippen LogP contribution is -2.24. The van der Waals surface area contributed by atoms with Crippen LogP contribution in [0.4, 0.5) is 15.8 Å². The van der Waals surface area contributed by atoms with Crippen LogP contribution in [0, 0.1) is 11.7 Å². The first-order valence-electron chi connectivity index (χ1n) is 15.9. The van der Waals surface area contributed by atoms with Gasteiger partial charge in [0, 0.05) is 47.3 Å². The topological polar surface area (TPSA) is 154 Å². The molecule has 4 N–H and O–H groups in total. The maximum atomic E-state index is 14.8. The van der Waals surface area contributed by atoms with E-state index in [1.165, 1.54) is 18.6 Å². The molecule has 11 nitrogen and oxygen atoms in total. The number of hydrogen-bond donors (Lipinski definition) is 4. The highest BCUT2D eigenvalue weighted by molar-refractivity contribution is 7.88. The molecule has 2 aliphatic heterocycles. The highest BCUT2D eigenvalue weighted by Crippen LogP contribution is 2.33. The first-order chi connectivity index (χ1) is 23.2. The Labute approximate surface area is 278 Å². The van der Waals surface area contributed by atoms with Crippen molar-refractivity contribution in [3.63, 3.8) is 0 Å². The smallest absolute Gasteiger partial charge is 0.227 e. The number of aromatic amines is 1. The standard InChI is InChI=1S/C35H35FN8O3S/c1-48(46,47)41-16-21-11-24(13-26(36)12-21)28-9-10-37-19-31-32(28)44-34(43-31)33-29-15-23(7-8-30(29)39-20-40-33)25-14-27(18-38-17-25)42-35(45)22-5-3-2-4-6-22/h7-15,17-18,22,39,41H,2-6,16,19-20H2,1H3,(H,42,45)(H,43,44). The lowest BCUT2D eigenvalue weighted by molar-refractivity contribution is -0.120. The predicted molar refractivity (Wildman–Crippen MR) is 185 cm³/mol. The number of sulfonamides is 1. The van der Waals surface area contributed by atoms with Gasteiger partial charge in [-0.3, -0.25) is 19.8 Å². The Kier molecular flexibility index (Phi) is 8.71. The molecule has 0 atom stereocenters. The minimum Gasteiger partial charge on any atom is -0.366 e. The molecule has 48 heavy (non-hydrogen) atoms. The van der Waals surface area contributed by atoms with Gasteiger partial charge < -0.3 is 15.6 Å². The minimum absolute atomic E-state index is 0.0420. The molecule has 246 valence electrons. The number of fused-ring (bicyclic) bond motifs is 2. The molecule has 0 saturated heterocycles. The van der Waals surface area contributed by atoms with E-state index in [2.05, 4.69) is 30.3 Å². The van der Waals surface area contributed by atoms with Crippen LogP contribution in [0.15, 0.2) is 70.9 Å². The first kappa shape index (κ1) is 31.6. The molecule has 1 saturated carbocycles. The number of hydrogen-bond acceptors (Lipinski definition) is 8. The van der Waals surface area contributed by atoms with Gasteiger partial charge in [-0.05, 0) is 72.0 Å². The predicted octanol–water partition coefficient (Wildman–Crippen LogP) is 5.42. The number of benzene rings is 2. The van der Waals surface area contributed by atoms with Crippen LogP contribution in [0.2, 0.25) is 0 Å². The largest absolute Gasteiger partial charge is 0.366 e. The highest BCUT2D eigenvalue weighted by atomic mass is 32.2. The first-order valence-corrected chi connectivity index (χ1v) is 17.8. The minimum atomic E-state index is -3.46. The van der Waals surface area contributed by atoms with Crippen molar-refractivity contribution in [3.05, 3.63) is 101 Å². The van der Waals surface area contributed by atoms with E-state index in [9.17, 15) is 17.6 Å². The van der Waals surface area contributed by atoms with Gasteiger partial charge >= 0.3 is 0 Å². The molecule has 0 unspecified atom stereocenters. The SMILES string of the molecule is CS(=O)(=O)NCc1cc(F)cc(C2=CC=NCc3[nH]c(C4=NCNc5ccc(-c6cncc(NC(=O)C7CCCCC7)c6)cc54)nc32)c1. The number of imidazole rings is 1. The quantitative estimate of drug-likeness (QED) is 0.197. The summed E-state index contributed by atoms with van der Waals surface area (Å²) in [4.78, 5) is 34.9. The Balaban J connectivity index is 1.18. The van der Waals surface area contributed by atoms with Gasteiger partial charge in [-0.25, -0.2) is 22.5 Å². The van der Waals surface area contributed by atoms with Gasteiger partial charge in [0.1, 0.15) is 18.2 Å². The number of aliphatic imine (C=N–C) groups is 2. The van der Waals surface area contributed by atoms with Crippen molar-refractivity contribution in [2.24, 2.45) is 15.9 Å². The molecule has 0 spiro atoms. The van der Waals surface area contributed by atoms with Gasteiger partial charge in [0.15, 0.2) is 5.82 Å². The zero-order chi connectivity index (χ0) is 33.3. The second-order valence-electron chi connectivity index (χ2n) is 12.3. The molecule has 2 aromatic carbocycles. The molecule has 0 radical (unpaired) electrons.